The van der Waals surface area contributed by atoms with Gasteiger partial charge in [0.05, 0.1) is 4.92 Å². The summed E-state index contributed by atoms with van der Waals surface area (Å²) < 4.78 is 0. The van der Waals surface area contributed by atoms with Gasteiger partial charge in [0.15, 0.2) is 0 Å². The molecule has 0 fully saturated rings. The van der Waals surface area contributed by atoms with E-state index >= 15 is 0 Å². The zero-order valence-electron chi connectivity index (χ0n) is 12.9. The third kappa shape index (κ3) is 2.83. The Labute approximate surface area is 138 Å². The van der Waals surface area contributed by atoms with Crippen molar-refractivity contribution in [1.82, 2.24) is 4.90 Å². The molecule has 122 valence electrons. The largest absolute Gasteiger partial charge is 0.324 e. The molecule has 1 heterocycles. The van der Waals surface area contributed by atoms with Crippen LogP contribution < -0.4 is 5.32 Å². The maximum absolute atomic E-state index is 12.4. The second-order valence-corrected chi connectivity index (χ2v) is 5.56. The standard InChI is InChI=1S/C17H15N3O4/c1-11(19-10-12-5-2-3-8-15(12)17(19)22)16(21)18-13-6-4-7-14(9-13)20(23)24/h2-9,11H,10H2,1H3,(H,18,21). The smallest absolute Gasteiger partial charge is 0.271 e. The van der Waals surface area contributed by atoms with Crippen LogP contribution in [0.1, 0.15) is 22.8 Å². The van der Waals surface area contributed by atoms with Crippen molar-refractivity contribution >= 4 is 23.2 Å². The van der Waals surface area contributed by atoms with Gasteiger partial charge in [0.2, 0.25) is 5.91 Å². The maximum Gasteiger partial charge on any atom is 0.271 e. The third-order valence-corrected chi connectivity index (χ3v) is 4.02. The average Bonchev–Trinajstić information content (AvgIpc) is 2.91. The molecule has 3 rings (SSSR count). The molecule has 2 aromatic rings. The van der Waals surface area contributed by atoms with Crippen molar-refractivity contribution in [1.29, 1.82) is 0 Å². The number of rotatable bonds is 4. The molecule has 7 nitrogen and oxygen atoms in total. The normalized spacial score (nSPS) is 14.2. The van der Waals surface area contributed by atoms with Crippen molar-refractivity contribution in [2.75, 3.05) is 5.32 Å². The molecule has 0 spiro atoms. The van der Waals surface area contributed by atoms with Crippen molar-refractivity contribution < 1.29 is 14.5 Å². The van der Waals surface area contributed by atoms with E-state index in [0.717, 1.165) is 5.56 Å². The number of anilines is 1. The van der Waals surface area contributed by atoms with E-state index in [4.69, 9.17) is 0 Å². The van der Waals surface area contributed by atoms with Crippen molar-refractivity contribution in [3.63, 3.8) is 0 Å². The summed E-state index contributed by atoms with van der Waals surface area (Å²) in [5.41, 5.74) is 1.71. The zero-order chi connectivity index (χ0) is 17.3. The van der Waals surface area contributed by atoms with Crippen molar-refractivity contribution in [2.24, 2.45) is 0 Å². The predicted molar refractivity (Wildman–Crippen MR) is 87.5 cm³/mol. The van der Waals surface area contributed by atoms with Gasteiger partial charge >= 0.3 is 0 Å². The van der Waals surface area contributed by atoms with E-state index in [2.05, 4.69) is 5.32 Å². The highest BCUT2D eigenvalue weighted by Crippen LogP contribution is 2.25. The fourth-order valence-electron chi connectivity index (χ4n) is 2.68. The van der Waals surface area contributed by atoms with Gasteiger partial charge in [-0.25, -0.2) is 0 Å². The minimum atomic E-state index is -0.691. The molecule has 2 aromatic carbocycles. The second kappa shape index (κ2) is 6.11. The molecule has 1 atom stereocenters. The third-order valence-electron chi connectivity index (χ3n) is 4.02. The van der Waals surface area contributed by atoms with Crippen LogP contribution in [0.5, 0.6) is 0 Å². The lowest BCUT2D eigenvalue weighted by molar-refractivity contribution is -0.384. The van der Waals surface area contributed by atoms with E-state index in [9.17, 15) is 19.7 Å². The molecule has 1 unspecified atom stereocenters. The van der Waals surface area contributed by atoms with Crippen LogP contribution in [-0.4, -0.2) is 27.7 Å². The molecule has 2 amide bonds. The van der Waals surface area contributed by atoms with E-state index in [1.165, 1.54) is 23.1 Å². The Hall–Kier alpha value is -3.22. The number of nitrogens with one attached hydrogen (secondary N) is 1. The number of nitro benzene ring substituents is 1. The van der Waals surface area contributed by atoms with Gasteiger partial charge in [-0.05, 0) is 24.6 Å². The lowest BCUT2D eigenvalue weighted by atomic mass is 10.1. The second-order valence-electron chi connectivity index (χ2n) is 5.56. The van der Waals surface area contributed by atoms with E-state index < -0.39 is 16.9 Å². The molecule has 7 heteroatoms. The first-order valence-electron chi connectivity index (χ1n) is 7.41. The van der Waals surface area contributed by atoms with Crippen molar-refractivity contribution in [2.45, 2.75) is 19.5 Å². The Morgan fingerprint density at radius 1 is 1.25 bits per heavy atom. The molecule has 1 aliphatic heterocycles. The number of non-ortho nitro benzene ring substituents is 1. The summed E-state index contributed by atoms with van der Waals surface area (Å²) in [5, 5.41) is 13.4. The molecule has 24 heavy (non-hydrogen) atoms. The number of hydrogen-bond acceptors (Lipinski definition) is 4. The summed E-state index contributed by atoms with van der Waals surface area (Å²) in [6.45, 7) is 2.01. The fraction of sp³-hybridized carbons (Fsp3) is 0.176. The Morgan fingerprint density at radius 2 is 2.00 bits per heavy atom. The zero-order valence-corrected chi connectivity index (χ0v) is 12.9. The number of carbonyl (C=O) groups excluding carboxylic acids is 2. The minimum Gasteiger partial charge on any atom is -0.324 e. The summed E-state index contributed by atoms with van der Waals surface area (Å²) in [4.78, 5) is 36.5. The molecule has 0 saturated carbocycles. The number of benzene rings is 2. The van der Waals surface area contributed by atoms with Crippen LogP contribution in [0.15, 0.2) is 48.5 Å². The van der Waals surface area contributed by atoms with E-state index in [1.807, 2.05) is 12.1 Å². The number of hydrogen-bond donors (Lipinski definition) is 1. The summed E-state index contributed by atoms with van der Waals surface area (Å²) in [6.07, 6.45) is 0. The lowest BCUT2D eigenvalue weighted by Crippen LogP contribution is -2.42. The van der Waals surface area contributed by atoms with Crippen LogP contribution in [-0.2, 0) is 11.3 Å². The molecule has 1 aliphatic rings. The van der Waals surface area contributed by atoms with Gasteiger partial charge in [-0.3, -0.25) is 19.7 Å². The van der Waals surface area contributed by atoms with E-state index in [1.54, 1.807) is 25.1 Å². The lowest BCUT2D eigenvalue weighted by Gasteiger charge is -2.23. The molecule has 1 N–H and O–H groups in total. The highest BCUT2D eigenvalue weighted by molar-refractivity contribution is 6.03. The Balaban J connectivity index is 1.73. The van der Waals surface area contributed by atoms with E-state index in [-0.39, 0.29) is 11.6 Å². The van der Waals surface area contributed by atoms with Gasteiger partial charge in [0.1, 0.15) is 6.04 Å². The SMILES string of the molecule is CC(C(=O)Nc1cccc([N+](=O)[O-])c1)N1Cc2ccccc2C1=O. The average molecular weight is 325 g/mol. The molecule has 0 radical (unpaired) electrons. The van der Waals surface area contributed by atoms with Crippen LogP contribution >= 0.6 is 0 Å². The quantitative estimate of drug-likeness (QED) is 0.690. The Morgan fingerprint density at radius 3 is 2.71 bits per heavy atom. The highest BCUT2D eigenvalue weighted by atomic mass is 16.6. The minimum absolute atomic E-state index is 0.106. The van der Waals surface area contributed by atoms with Gasteiger partial charge in [-0.15, -0.1) is 0 Å². The number of carbonyl (C=O) groups is 2. The van der Waals surface area contributed by atoms with Crippen LogP contribution in [0, 0.1) is 10.1 Å². The van der Waals surface area contributed by atoms with Gasteiger partial charge in [-0.2, -0.15) is 0 Å². The number of amides is 2. The molecule has 0 bridgehead atoms. The summed E-state index contributed by atoms with van der Waals surface area (Å²) >= 11 is 0. The first-order valence-corrected chi connectivity index (χ1v) is 7.41. The Kier molecular flexibility index (Phi) is 3.99. The summed E-state index contributed by atoms with van der Waals surface area (Å²) in [5.74, 6) is -0.580. The number of nitrogens with zero attached hydrogens (tertiary/aromatic N) is 2. The number of nitro groups is 1. The molecular formula is C17H15N3O4. The van der Waals surface area contributed by atoms with Crippen LogP contribution in [0.3, 0.4) is 0 Å². The first kappa shape index (κ1) is 15.7. The topological polar surface area (TPSA) is 92.5 Å². The van der Waals surface area contributed by atoms with Gasteiger partial charge in [-0.1, -0.05) is 24.3 Å². The number of fused-ring (bicyclic) bond motifs is 1. The van der Waals surface area contributed by atoms with Crippen molar-refractivity contribution in [3.8, 4) is 0 Å². The van der Waals surface area contributed by atoms with Gasteiger partial charge in [0.25, 0.3) is 11.6 Å². The predicted octanol–water partition coefficient (Wildman–Crippen LogP) is 2.58. The monoisotopic (exact) mass is 325 g/mol. The summed E-state index contributed by atoms with van der Waals surface area (Å²) in [6, 6.07) is 12.2. The molecule has 0 aliphatic carbocycles. The maximum atomic E-state index is 12.4. The molecule has 0 saturated heterocycles. The van der Waals surface area contributed by atoms with Crippen LogP contribution in [0.25, 0.3) is 0 Å². The molecular weight excluding hydrogens is 310 g/mol. The van der Waals surface area contributed by atoms with Crippen LogP contribution in [0.2, 0.25) is 0 Å². The van der Waals surface area contributed by atoms with Crippen molar-refractivity contribution in [3.05, 3.63) is 69.8 Å². The van der Waals surface area contributed by atoms with Gasteiger partial charge < -0.3 is 10.2 Å². The molecule has 0 aromatic heterocycles. The summed E-state index contributed by atoms with van der Waals surface area (Å²) in [7, 11) is 0. The fourth-order valence-corrected chi connectivity index (χ4v) is 2.68. The van der Waals surface area contributed by atoms with Crippen LogP contribution in [0.4, 0.5) is 11.4 Å². The van der Waals surface area contributed by atoms with Gasteiger partial charge in [0, 0.05) is 29.9 Å². The first-order chi connectivity index (χ1) is 11.5. The Bertz CT molecular complexity index is 834. The van der Waals surface area contributed by atoms with E-state index in [0.29, 0.717) is 17.8 Å². The highest BCUT2D eigenvalue weighted by Gasteiger charge is 2.33.